The second-order valence-electron chi connectivity index (χ2n) is 3.47. The van der Waals surface area contributed by atoms with E-state index in [0.29, 0.717) is 5.57 Å². The highest BCUT2D eigenvalue weighted by Crippen LogP contribution is 2.38. The Morgan fingerprint density at radius 1 is 1.71 bits per heavy atom. The summed E-state index contributed by atoms with van der Waals surface area (Å²) in [6, 6.07) is 0. The molecule has 0 saturated heterocycles. The summed E-state index contributed by atoms with van der Waals surface area (Å²) in [6.45, 7) is 0. The lowest BCUT2D eigenvalue weighted by Crippen LogP contribution is -2.34. The first-order valence-electron chi connectivity index (χ1n) is 4.52. The Hall–Kier alpha value is -1.29. The van der Waals surface area contributed by atoms with Crippen molar-refractivity contribution >= 4 is 5.97 Å². The van der Waals surface area contributed by atoms with Gasteiger partial charge in [-0.15, -0.1) is 0 Å². The molecule has 0 spiro atoms. The van der Waals surface area contributed by atoms with E-state index < -0.39 is 5.97 Å². The second kappa shape index (κ2) is 3.46. The predicted octanol–water partition coefficient (Wildman–Crippen LogP) is 1.15. The molecule has 0 aromatic rings. The highest BCUT2D eigenvalue weighted by atomic mass is 16.7. The molecule has 1 aliphatic heterocycles. The average Bonchev–Trinajstić information content (AvgIpc) is 2.64. The summed E-state index contributed by atoms with van der Waals surface area (Å²) in [5.41, 5.74) is 0.341. The summed E-state index contributed by atoms with van der Waals surface area (Å²) in [5.74, 6) is -0.861. The van der Waals surface area contributed by atoms with Gasteiger partial charge >= 0.3 is 5.97 Å². The topological polar surface area (TPSA) is 55.8 Å². The van der Waals surface area contributed by atoms with Gasteiger partial charge in [-0.25, -0.2) is 4.79 Å². The molecule has 0 bridgehead atoms. The van der Waals surface area contributed by atoms with Crippen molar-refractivity contribution in [1.29, 1.82) is 0 Å². The van der Waals surface area contributed by atoms with Gasteiger partial charge in [-0.05, 0) is 6.42 Å². The molecule has 4 heteroatoms. The molecule has 0 radical (unpaired) electrons. The molecule has 14 heavy (non-hydrogen) atoms. The fraction of sp³-hybridized carbons (Fsp3) is 0.500. The number of aliphatic carboxylic acids is 1. The Bertz CT molecular complexity index is 305. The zero-order valence-electron chi connectivity index (χ0n) is 7.84. The van der Waals surface area contributed by atoms with E-state index in [2.05, 4.69) is 0 Å². The van der Waals surface area contributed by atoms with Crippen molar-refractivity contribution in [3.8, 4) is 0 Å². The first-order chi connectivity index (χ1) is 6.74. The van der Waals surface area contributed by atoms with Gasteiger partial charge in [-0.1, -0.05) is 12.2 Å². The van der Waals surface area contributed by atoms with Gasteiger partial charge < -0.3 is 14.6 Å². The van der Waals surface area contributed by atoms with Gasteiger partial charge in [0, 0.05) is 18.9 Å². The lowest BCUT2D eigenvalue weighted by atomic mass is 9.86. The quantitative estimate of drug-likeness (QED) is 0.673. The maximum atomic E-state index is 10.9. The number of carboxylic acid groups (broad SMARTS) is 1. The van der Waals surface area contributed by atoms with Crippen LogP contribution in [0.15, 0.2) is 24.0 Å². The Kier molecular flexibility index (Phi) is 2.29. The standard InChI is InChI=1S/C10H12O4/c1-13-10-7-4-2-3-6(7)8(5-14-10)9(11)12/h2,4-7,10H,3H2,1H3,(H,11,12). The summed E-state index contributed by atoms with van der Waals surface area (Å²) >= 11 is 0. The van der Waals surface area contributed by atoms with Crippen molar-refractivity contribution in [3.05, 3.63) is 24.0 Å². The molecule has 2 aliphatic rings. The number of fused-ring (bicyclic) bond motifs is 1. The minimum Gasteiger partial charge on any atom is -0.478 e. The molecule has 0 amide bonds. The zero-order valence-corrected chi connectivity index (χ0v) is 7.84. The lowest BCUT2D eigenvalue weighted by Gasteiger charge is -2.31. The fourth-order valence-electron chi connectivity index (χ4n) is 2.03. The van der Waals surface area contributed by atoms with Crippen molar-refractivity contribution in [3.63, 3.8) is 0 Å². The van der Waals surface area contributed by atoms with Gasteiger partial charge in [0.1, 0.15) is 0 Å². The van der Waals surface area contributed by atoms with Crippen molar-refractivity contribution < 1.29 is 19.4 Å². The normalized spacial score (nSPS) is 34.6. The van der Waals surface area contributed by atoms with E-state index >= 15 is 0 Å². The van der Waals surface area contributed by atoms with Crippen LogP contribution in [-0.4, -0.2) is 24.5 Å². The Labute approximate surface area is 81.8 Å². The van der Waals surface area contributed by atoms with Crippen LogP contribution in [0, 0.1) is 11.8 Å². The van der Waals surface area contributed by atoms with E-state index in [9.17, 15) is 4.79 Å². The summed E-state index contributed by atoms with van der Waals surface area (Å²) in [5, 5.41) is 8.93. The van der Waals surface area contributed by atoms with Gasteiger partial charge in [0.15, 0.2) is 0 Å². The zero-order chi connectivity index (χ0) is 10.1. The van der Waals surface area contributed by atoms with Crippen LogP contribution >= 0.6 is 0 Å². The summed E-state index contributed by atoms with van der Waals surface area (Å²) in [4.78, 5) is 10.9. The van der Waals surface area contributed by atoms with E-state index in [1.807, 2.05) is 12.2 Å². The van der Waals surface area contributed by atoms with Gasteiger partial charge in [0.05, 0.1) is 11.8 Å². The van der Waals surface area contributed by atoms with E-state index in [0.717, 1.165) is 6.42 Å². The monoisotopic (exact) mass is 196 g/mol. The van der Waals surface area contributed by atoms with Crippen LogP contribution in [0.2, 0.25) is 0 Å². The molecule has 0 saturated carbocycles. The third-order valence-electron chi connectivity index (χ3n) is 2.74. The maximum Gasteiger partial charge on any atom is 0.335 e. The lowest BCUT2D eigenvalue weighted by molar-refractivity contribution is -0.142. The highest BCUT2D eigenvalue weighted by Gasteiger charge is 2.39. The molecule has 1 N–H and O–H groups in total. The fourth-order valence-corrected chi connectivity index (χ4v) is 2.03. The third kappa shape index (κ3) is 1.32. The molecule has 76 valence electrons. The van der Waals surface area contributed by atoms with Crippen molar-refractivity contribution in [2.24, 2.45) is 11.8 Å². The van der Waals surface area contributed by atoms with Crippen molar-refractivity contribution in [1.82, 2.24) is 0 Å². The van der Waals surface area contributed by atoms with Crippen LogP contribution in [0.1, 0.15) is 6.42 Å². The molecule has 3 atom stereocenters. The number of ether oxygens (including phenoxy) is 2. The van der Waals surface area contributed by atoms with Gasteiger partial charge in [-0.3, -0.25) is 0 Å². The minimum absolute atomic E-state index is 0.00574. The van der Waals surface area contributed by atoms with Crippen LogP contribution in [0.3, 0.4) is 0 Å². The molecule has 2 rings (SSSR count). The Morgan fingerprint density at radius 2 is 2.50 bits per heavy atom. The number of allylic oxidation sites excluding steroid dienone is 1. The van der Waals surface area contributed by atoms with Crippen molar-refractivity contribution in [2.75, 3.05) is 7.11 Å². The molecule has 1 aliphatic carbocycles. The summed E-state index contributed by atoms with van der Waals surface area (Å²) < 4.78 is 10.3. The average molecular weight is 196 g/mol. The molecule has 4 nitrogen and oxygen atoms in total. The first-order valence-corrected chi connectivity index (χ1v) is 4.52. The maximum absolute atomic E-state index is 10.9. The van der Waals surface area contributed by atoms with E-state index in [4.69, 9.17) is 14.6 Å². The van der Waals surface area contributed by atoms with Crippen LogP contribution in [-0.2, 0) is 14.3 Å². The number of carboxylic acids is 1. The molecule has 0 fully saturated rings. The van der Waals surface area contributed by atoms with E-state index in [1.165, 1.54) is 6.26 Å². The second-order valence-corrected chi connectivity index (χ2v) is 3.47. The SMILES string of the molecule is COC1OC=C(C(=O)O)C2CC=CC12. The van der Waals surface area contributed by atoms with Crippen LogP contribution in [0.5, 0.6) is 0 Å². The number of rotatable bonds is 2. The predicted molar refractivity (Wildman–Crippen MR) is 48.3 cm³/mol. The first kappa shape index (κ1) is 9.27. The number of carbonyl (C=O) groups is 1. The van der Waals surface area contributed by atoms with E-state index in [-0.39, 0.29) is 18.1 Å². The van der Waals surface area contributed by atoms with Crippen LogP contribution in [0.25, 0.3) is 0 Å². The van der Waals surface area contributed by atoms with Crippen LogP contribution in [0.4, 0.5) is 0 Å². The molecule has 3 unspecified atom stereocenters. The summed E-state index contributed by atoms with van der Waals surface area (Å²) in [7, 11) is 1.56. The van der Waals surface area contributed by atoms with Gasteiger partial charge in [-0.2, -0.15) is 0 Å². The minimum atomic E-state index is -0.904. The van der Waals surface area contributed by atoms with E-state index in [1.54, 1.807) is 7.11 Å². The number of hydrogen-bond donors (Lipinski definition) is 1. The Balaban J connectivity index is 2.25. The van der Waals surface area contributed by atoms with Crippen molar-refractivity contribution in [2.45, 2.75) is 12.7 Å². The molecular weight excluding hydrogens is 184 g/mol. The molecule has 0 aromatic carbocycles. The largest absolute Gasteiger partial charge is 0.478 e. The smallest absolute Gasteiger partial charge is 0.335 e. The molecule has 0 aromatic heterocycles. The molecular formula is C10H12O4. The summed E-state index contributed by atoms with van der Waals surface area (Å²) in [6.07, 6.45) is 5.67. The van der Waals surface area contributed by atoms with Gasteiger partial charge in [0.2, 0.25) is 6.29 Å². The molecule has 1 heterocycles. The highest BCUT2D eigenvalue weighted by molar-refractivity contribution is 5.87. The third-order valence-corrected chi connectivity index (χ3v) is 2.74. The number of hydrogen-bond acceptors (Lipinski definition) is 3. The van der Waals surface area contributed by atoms with Gasteiger partial charge in [0.25, 0.3) is 0 Å². The Morgan fingerprint density at radius 3 is 3.14 bits per heavy atom. The number of methoxy groups -OCH3 is 1. The van der Waals surface area contributed by atoms with Crippen LogP contribution < -0.4 is 0 Å².